The molecule has 1 unspecified atom stereocenters. The van der Waals surface area contributed by atoms with Gasteiger partial charge in [-0.2, -0.15) is 0 Å². The maximum atomic E-state index is 11.1. The lowest BCUT2D eigenvalue weighted by molar-refractivity contribution is 0.0615. The monoisotopic (exact) mass is 254 g/mol. The van der Waals surface area contributed by atoms with Crippen molar-refractivity contribution in [3.05, 3.63) is 65.2 Å². The zero-order valence-electron chi connectivity index (χ0n) is 11.1. The van der Waals surface area contributed by atoms with E-state index in [2.05, 4.69) is 6.07 Å². The van der Waals surface area contributed by atoms with Crippen LogP contribution in [0.2, 0.25) is 0 Å². The lowest BCUT2D eigenvalue weighted by Crippen LogP contribution is -2.31. The molecule has 0 spiro atoms. The molecule has 0 amide bonds. The topological polar surface area (TPSA) is 29.5 Å². The van der Waals surface area contributed by atoms with Gasteiger partial charge in [0.25, 0.3) is 0 Å². The highest BCUT2D eigenvalue weighted by Gasteiger charge is 2.35. The lowest BCUT2D eigenvalue weighted by atomic mass is 9.75. The first-order valence-electron chi connectivity index (χ1n) is 6.69. The van der Waals surface area contributed by atoms with Crippen LogP contribution in [0.4, 0.5) is 0 Å². The fourth-order valence-electron chi connectivity index (χ4n) is 2.98. The third kappa shape index (κ3) is 2.02. The van der Waals surface area contributed by atoms with Crippen LogP contribution in [0.5, 0.6) is 5.75 Å². The highest BCUT2D eigenvalue weighted by Crippen LogP contribution is 2.40. The molecule has 0 heterocycles. The number of fused-ring (bicyclic) bond motifs is 1. The van der Waals surface area contributed by atoms with Crippen molar-refractivity contribution in [3.8, 4) is 5.75 Å². The molecule has 0 radical (unpaired) electrons. The molecule has 0 saturated heterocycles. The fraction of sp³-hybridized carbons (Fsp3) is 0.294. The van der Waals surface area contributed by atoms with Crippen molar-refractivity contribution in [2.45, 2.75) is 24.9 Å². The van der Waals surface area contributed by atoms with Gasteiger partial charge in [0.05, 0.1) is 7.11 Å². The van der Waals surface area contributed by atoms with Gasteiger partial charge in [-0.25, -0.2) is 0 Å². The van der Waals surface area contributed by atoms with Crippen LogP contribution in [0.3, 0.4) is 0 Å². The van der Waals surface area contributed by atoms with Gasteiger partial charge in [0.2, 0.25) is 0 Å². The summed E-state index contributed by atoms with van der Waals surface area (Å²) < 4.78 is 5.18. The Labute approximate surface area is 113 Å². The number of benzene rings is 2. The molecule has 0 aromatic heterocycles. The second-order valence-corrected chi connectivity index (χ2v) is 5.10. The lowest BCUT2D eigenvalue weighted by Gasteiger charge is -2.35. The predicted molar refractivity (Wildman–Crippen MR) is 75.4 cm³/mol. The molecule has 2 aromatic carbocycles. The van der Waals surface area contributed by atoms with E-state index in [1.807, 2.05) is 42.5 Å². The summed E-state index contributed by atoms with van der Waals surface area (Å²) >= 11 is 0. The van der Waals surface area contributed by atoms with Crippen LogP contribution in [-0.2, 0) is 12.0 Å². The van der Waals surface area contributed by atoms with Gasteiger partial charge < -0.3 is 9.84 Å². The van der Waals surface area contributed by atoms with Gasteiger partial charge in [0.15, 0.2) is 0 Å². The van der Waals surface area contributed by atoms with E-state index in [4.69, 9.17) is 4.74 Å². The molecule has 98 valence electrons. The maximum absolute atomic E-state index is 11.1. The minimum atomic E-state index is -0.860. The minimum Gasteiger partial charge on any atom is -0.497 e. The second kappa shape index (κ2) is 4.71. The van der Waals surface area contributed by atoms with E-state index in [1.54, 1.807) is 7.11 Å². The summed E-state index contributed by atoms with van der Waals surface area (Å²) in [6.07, 6.45) is 2.84. The third-order valence-corrected chi connectivity index (χ3v) is 4.02. The van der Waals surface area contributed by atoms with Crippen LogP contribution in [0.15, 0.2) is 48.5 Å². The molecule has 2 heteroatoms. The van der Waals surface area contributed by atoms with Crippen molar-refractivity contribution in [1.29, 1.82) is 0 Å². The Balaban J connectivity index is 2.07. The Morgan fingerprint density at radius 2 is 1.79 bits per heavy atom. The molecule has 2 nitrogen and oxygen atoms in total. The largest absolute Gasteiger partial charge is 0.497 e. The van der Waals surface area contributed by atoms with Crippen molar-refractivity contribution in [2.75, 3.05) is 7.11 Å². The summed E-state index contributed by atoms with van der Waals surface area (Å²) in [5.74, 6) is 0.816. The Kier molecular flexibility index (Phi) is 3.03. The van der Waals surface area contributed by atoms with E-state index in [-0.39, 0.29) is 0 Å². The number of aliphatic hydroxyl groups is 1. The van der Waals surface area contributed by atoms with E-state index in [9.17, 15) is 5.11 Å². The van der Waals surface area contributed by atoms with Gasteiger partial charge in [-0.05, 0) is 48.1 Å². The summed E-state index contributed by atoms with van der Waals surface area (Å²) in [6.45, 7) is 0. The van der Waals surface area contributed by atoms with Crippen LogP contribution in [0.25, 0.3) is 0 Å². The van der Waals surface area contributed by atoms with Crippen LogP contribution in [-0.4, -0.2) is 12.2 Å². The van der Waals surface area contributed by atoms with E-state index in [0.29, 0.717) is 0 Å². The molecule has 0 bridgehead atoms. The van der Waals surface area contributed by atoms with E-state index in [1.165, 1.54) is 5.56 Å². The smallest absolute Gasteiger partial charge is 0.118 e. The van der Waals surface area contributed by atoms with Crippen LogP contribution in [0, 0.1) is 0 Å². The number of hydrogen-bond acceptors (Lipinski definition) is 2. The SMILES string of the molecule is COc1ccc(C2(O)CCCc3ccccc32)cc1. The van der Waals surface area contributed by atoms with Crippen molar-refractivity contribution < 1.29 is 9.84 Å². The van der Waals surface area contributed by atoms with Gasteiger partial charge in [-0.1, -0.05) is 36.4 Å². The predicted octanol–water partition coefficient (Wildman–Crippen LogP) is 3.27. The second-order valence-electron chi connectivity index (χ2n) is 5.10. The van der Waals surface area contributed by atoms with Gasteiger partial charge in [-0.15, -0.1) is 0 Å². The Morgan fingerprint density at radius 3 is 2.53 bits per heavy atom. The Morgan fingerprint density at radius 1 is 1.05 bits per heavy atom. The maximum Gasteiger partial charge on any atom is 0.118 e. The first-order chi connectivity index (χ1) is 9.24. The van der Waals surface area contributed by atoms with Gasteiger partial charge >= 0.3 is 0 Å². The molecule has 1 atom stereocenters. The molecule has 0 fully saturated rings. The number of methoxy groups -OCH3 is 1. The zero-order chi connectivity index (χ0) is 13.3. The van der Waals surface area contributed by atoms with E-state index >= 15 is 0 Å². The highest BCUT2D eigenvalue weighted by molar-refractivity contribution is 5.44. The molecule has 0 saturated carbocycles. The molecule has 1 aliphatic carbocycles. The zero-order valence-corrected chi connectivity index (χ0v) is 11.1. The molecule has 2 aromatic rings. The van der Waals surface area contributed by atoms with Crippen molar-refractivity contribution >= 4 is 0 Å². The van der Waals surface area contributed by atoms with Gasteiger partial charge in [0, 0.05) is 0 Å². The minimum absolute atomic E-state index is 0.774. The van der Waals surface area contributed by atoms with E-state index < -0.39 is 5.60 Å². The average Bonchev–Trinajstić information content (AvgIpc) is 2.48. The number of hydrogen-bond donors (Lipinski definition) is 1. The molecule has 1 aliphatic rings. The molecule has 1 N–H and O–H groups in total. The van der Waals surface area contributed by atoms with Crippen molar-refractivity contribution in [3.63, 3.8) is 0 Å². The molecule has 3 rings (SSSR count). The summed E-state index contributed by atoms with van der Waals surface area (Å²) in [4.78, 5) is 0. The number of ether oxygens (including phenoxy) is 1. The van der Waals surface area contributed by atoms with E-state index in [0.717, 1.165) is 36.1 Å². The summed E-state index contributed by atoms with van der Waals surface area (Å²) in [6, 6.07) is 15.9. The van der Waals surface area contributed by atoms with Crippen LogP contribution < -0.4 is 4.74 Å². The van der Waals surface area contributed by atoms with Crippen molar-refractivity contribution in [2.24, 2.45) is 0 Å². The number of rotatable bonds is 2. The molecule has 0 aliphatic heterocycles. The van der Waals surface area contributed by atoms with Gasteiger partial charge in [-0.3, -0.25) is 0 Å². The quantitative estimate of drug-likeness (QED) is 0.891. The third-order valence-electron chi connectivity index (χ3n) is 4.02. The summed E-state index contributed by atoms with van der Waals surface area (Å²) in [5.41, 5.74) is 2.39. The van der Waals surface area contributed by atoms with Crippen molar-refractivity contribution in [1.82, 2.24) is 0 Å². The fourth-order valence-corrected chi connectivity index (χ4v) is 2.98. The highest BCUT2D eigenvalue weighted by atomic mass is 16.5. The first-order valence-corrected chi connectivity index (χ1v) is 6.69. The Bertz CT molecular complexity index is 574. The summed E-state index contributed by atoms with van der Waals surface area (Å²) in [7, 11) is 1.65. The Hall–Kier alpha value is -1.80. The average molecular weight is 254 g/mol. The van der Waals surface area contributed by atoms with Crippen LogP contribution >= 0.6 is 0 Å². The standard InChI is InChI=1S/C17H18O2/c1-19-15-10-8-14(9-11-15)17(18)12-4-6-13-5-2-3-7-16(13)17/h2-3,5,7-11,18H,4,6,12H2,1H3. The first kappa shape index (κ1) is 12.2. The number of aryl methyl sites for hydroxylation is 1. The van der Waals surface area contributed by atoms with Crippen LogP contribution in [0.1, 0.15) is 29.5 Å². The normalized spacial score (nSPS) is 21.8. The molecule has 19 heavy (non-hydrogen) atoms. The van der Waals surface area contributed by atoms with Gasteiger partial charge in [0.1, 0.15) is 11.4 Å². The summed E-state index contributed by atoms with van der Waals surface area (Å²) in [5, 5.41) is 11.1. The molecular formula is C17H18O2. The molecular weight excluding hydrogens is 236 g/mol.